The highest BCUT2D eigenvalue weighted by molar-refractivity contribution is 6.09. The first-order valence-corrected chi connectivity index (χ1v) is 10.7. The molecule has 2 bridgehead atoms. The van der Waals surface area contributed by atoms with Crippen LogP contribution in [0.3, 0.4) is 0 Å². The molecule has 0 heterocycles. The molecule has 1 aromatic rings. The highest BCUT2D eigenvalue weighted by Crippen LogP contribution is 2.65. The molecule has 2 fully saturated rings. The molecule has 162 valence electrons. The molecule has 0 saturated heterocycles. The van der Waals surface area contributed by atoms with Gasteiger partial charge in [0.05, 0.1) is 19.4 Å². The summed E-state index contributed by atoms with van der Waals surface area (Å²) in [6.07, 6.45) is 7.03. The van der Waals surface area contributed by atoms with Gasteiger partial charge in [0.15, 0.2) is 17.3 Å². The van der Waals surface area contributed by atoms with E-state index in [0.29, 0.717) is 23.8 Å². The van der Waals surface area contributed by atoms with E-state index in [-0.39, 0.29) is 28.4 Å². The van der Waals surface area contributed by atoms with E-state index < -0.39 is 0 Å². The van der Waals surface area contributed by atoms with Gasteiger partial charge in [0.2, 0.25) is 5.91 Å². The summed E-state index contributed by atoms with van der Waals surface area (Å²) in [4.78, 5) is 25.3. The summed E-state index contributed by atoms with van der Waals surface area (Å²) in [6, 6.07) is 3.61. The summed E-state index contributed by atoms with van der Waals surface area (Å²) in [7, 11) is 1.59. The van der Waals surface area contributed by atoms with Gasteiger partial charge in [0.25, 0.3) is 0 Å². The van der Waals surface area contributed by atoms with Crippen LogP contribution in [0.25, 0.3) is 6.08 Å². The fourth-order valence-corrected chi connectivity index (χ4v) is 4.85. The van der Waals surface area contributed by atoms with Gasteiger partial charge in [-0.2, -0.15) is 0 Å². The SMILES string of the molecule is C=CC(=O)Nc1cc(OCCCC)c(OC)cc1C=C1C(=O)C2(C)CCC1C2(C)C. The third kappa shape index (κ3) is 3.55. The highest BCUT2D eigenvalue weighted by atomic mass is 16.5. The largest absolute Gasteiger partial charge is 0.493 e. The number of fused-ring (bicyclic) bond motifs is 2. The molecule has 2 atom stereocenters. The fourth-order valence-electron chi connectivity index (χ4n) is 4.85. The highest BCUT2D eigenvalue weighted by Gasteiger charge is 2.63. The Morgan fingerprint density at radius 3 is 2.60 bits per heavy atom. The smallest absolute Gasteiger partial charge is 0.247 e. The Hall–Kier alpha value is -2.56. The molecule has 2 saturated carbocycles. The number of benzene rings is 1. The number of Topliss-reactive ketones (excluding diaryl/α,β-unsaturated/α-hetero) is 1. The molecule has 1 N–H and O–H groups in total. The summed E-state index contributed by atoms with van der Waals surface area (Å²) in [6.45, 7) is 12.7. The number of anilines is 1. The van der Waals surface area contributed by atoms with Crippen molar-refractivity contribution in [1.82, 2.24) is 0 Å². The Morgan fingerprint density at radius 2 is 2.03 bits per heavy atom. The molecular formula is C25H33NO4. The summed E-state index contributed by atoms with van der Waals surface area (Å²) >= 11 is 0. The number of nitrogens with one attached hydrogen (secondary N) is 1. The topological polar surface area (TPSA) is 64.6 Å². The number of carbonyl (C=O) groups is 2. The second-order valence-electron chi connectivity index (χ2n) is 9.06. The number of rotatable bonds is 8. The summed E-state index contributed by atoms with van der Waals surface area (Å²) in [5, 5.41) is 2.86. The number of ketones is 1. The quantitative estimate of drug-likeness (QED) is 0.459. The van der Waals surface area contributed by atoms with Gasteiger partial charge in [-0.05, 0) is 48.8 Å². The fraction of sp³-hybridized carbons (Fsp3) is 0.520. The van der Waals surface area contributed by atoms with E-state index in [0.717, 1.165) is 36.8 Å². The molecule has 0 radical (unpaired) electrons. The lowest BCUT2D eigenvalue weighted by Gasteiger charge is -2.31. The number of methoxy groups -OCH3 is 1. The van der Waals surface area contributed by atoms with Gasteiger partial charge in [0.1, 0.15) is 0 Å². The Kier molecular flexibility index (Phi) is 6.11. The molecule has 1 amide bonds. The van der Waals surface area contributed by atoms with Crippen LogP contribution in [0, 0.1) is 16.7 Å². The van der Waals surface area contributed by atoms with Crippen LogP contribution in [0.1, 0.15) is 58.9 Å². The van der Waals surface area contributed by atoms with Crippen molar-refractivity contribution < 1.29 is 19.1 Å². The van der Waals surface area contributed by atoms with Gasteiger partial charge in [-0.1, -0.05) is 40.7 Å². The molecule has 0 spiro atoms. The second-order valence-corrected chi connectivity index (χ2v) is 9.06. The molecular weight excluding hydrogens is 378 g/mol. The Balaban J connectivity index is 2.07. The molecule has 5 nitrogen and oxygen atoms in total. The van der Waals surface area contributed by atoms with Crippen LogP contribution in [0.5, 0.6) is 11.5 Å². The third-order valence-corrected chi connectivity index (χ3v) is 7.21. The predicted molar refractivity (Wildman–Crippen MR) is 120 cm³/mol. The van der Waals surface area contributed by atoms with Crippen molar-refractivity contribution in [3.8, 4) is 11.5 Å². The van der Waals surface area contributed by atoms with Crippen molar-refractivity contribution in [1.29, 1.82) is 0 Å². The normalized spacial score (nSPS) is 25.4. The summed E-state index contributed by atoms with van der Waals surface area (Å²) in [5.41, 5.74) is 1.75. The van der Waals surface area contributed by atoms with Crippen LogP contribution < -0.4 is 14.8 Å². The van der Waals surface area contributed by atoms with E-state index in [4.69, 9.17) is 9.47 Å². The van der Waals surface area contributed by atoms with Gasteiger partial charge < -0.3 is 14.8 Å². The zero-order valence-corrected chi connectivity index (χ0v) is 18.8. The molecule has 30 heavy (non-hydrogen) atoms. The minimum Gasteiger partial charge on any atom is -0.493 e. The van der Waals surface area contributed by atoms with Gasteiger partial charge in [-0.3, -0.25) is 9.59 Å². The molecule has 5 heteroatoms. The van der Waals surface area contributed by atoms with Crippen molar-refractivity contribution in [3.05, 3.63) is 35.9 Å². The van der Waals surface area contributed by atoms with Crippen molar-refractivity contribution in [3.63, 3.8) is 0 Å². The molecule has 0 aromatic heterocycles. The monoisotopic (exact) mass is 411 g/mol. The zero-order valence-electron chi connectivity index (χ0n) is 18.8. The Morgan fingerprint density at radius 1 is 1.30 bits per heavy atom. The van der Waals surface area contributed by atoms with E-state index in [1.54, 1.807) is 13.2 Å². The summed E-state index contributed by atoms with van der Waals surface area (Å²) < 4.78 is 11.4. The maximum absolute atomic E-state index is 13.3. The number of hydrogen-bond acceptors (Lipinski definition) is 4. The van der Waals surface area contributed by atoms with E-state index in [2.05, 4.69) is 39.6 Å². The van der Waals surface area contributed by atoms with Crippen LogP contribution in [0.15, 0.2) is 30.4 Å². The molecule has 2 unspecified atom stereocenters. The van der Waals surface area contributed by atoms with Gasteiger partial charge in [-0.25, -0.2) is 0 Å². The lowest BCUT2D eigenvalue weighted by atomic mass is 9.70. The lowest BCUT2D eigenvalue weighted by molar-refractivity contribution is -0.125. The van der Waals surface area contributed by atoms with Gasteiger partial charge >= 0.3 is 0 Å². The standard InChI is InChI=1S/C25H33NO4/c1-7-9-12-30-21-15-19(26-22(27)8-2)16(14-20(21)29-6)13-17-18-10-11-25(5,23(17)28)24(18,3)4/h8,13-15,18H,2,7,9-12H2,1,3-6H3,(H,26,27). The maximum atomic E-state index is 13.3. The first kappa shape index (κ1) is 22.1. The predicted octanol–water partition coefficient (Wildman–Crippen LogP) is 5.41. The number of amides is 1. The molecule has 0 aliphatic heterocycles. The maximum Gasteiger partial charge on any atom is 0.247 e. The Bertz CT molecular complexity index is 899. The lowest BCUT2D eigenvalue weighted by Crippen LogP contribution is -2.32. The van der Waals surface area contributed by atoms with Crippen LogP contribution in [0.2, 0.25) is 0 Å². The van der Waals surface area contributed by atoms with Crippen molar-refractivity contribution >= 4 is 23.5 Å². The second kappa shape index (κ2) is 8.29. The number of unbranched alkanes of at least 4 members (excludes halogenated alkanes) is 1. The first-order chi connectivity index (χ1) is 14.2. The average molecular weight is 412 g/mol. The van der Waals surface area contributed by atoms with Crippen LogP contribution in [-0.2, 0) is 9.59 Å². The third-order valence-electron chi connectivity index (χ3n) is 7.21. The molecule has 3 rings (SSSR count). The molecule has 2 aliphatic rings. The van der Waals surface area contributed by atoms with Crippen molar-refractivity contribution in [2.24, 2.45) is 16.7 Å². The van der Waals surface area contributed by atoms with Crippen molar-refractivity contribution in [2.75, 3.05) is 19.0 Å². The number of ether oxygens (including phenoxy) is 2. The van der Waals surface area contributed by atoms with E-state index in [1.165, 1.54) is 6.08 Å². The van der Waals surface area contributed by atoms with Crippen molar-refractivity contribution in [2.45, 2.75) is 53.4 Å². The average Bonchev–Trinajstić information content (AvgIpc) is 3.03. The molecule has 1 aromatic carbocycles. The number of allylic oxidation sites excluding steroid dienone is 1. The first-order valence-electron chi connectivity index (χ1n) is 10.7. The van der Waals surface area contributed by atoms with Crippen LogP contribution in [-0.4, -0.2) is 25.4 Å². The zero-order chi connectivity index (χ0) is 22.1. The minimum absolute atomic E-state index is 0.0757. The van der Waals surface area contributed by atoms with Gasteiger partial charge in [0, 0.05) is 22.6 Å². The number of carbonyl (C=O) groups excluding carboxylic acids is 2. The van der Waals surface area contributed by atoms with Crippen LogP contribution >= 0.6 is 0 Å². The van der Waals surface area contributed by atoms with Gasteiger partial charge in [-0.15, -0.1) is 0 Å². The summed E-state index contributed by atoms with van der Waals surface area (Å²) in [5.74, 6) is 1.26. The molecule has 2 aliphatic carbocycles. The van der Waals surface area contributed by atoms with Crippen LogP contribution in [0.4, 0.5) is 5.69 Å². The number of hydrogen-bond donors (Lipinski definition) is 1. The van der Waals surface area contributed by atoms with E-state index in [1.807, 2.05) is 12.1 Å². The Labute approximate surface area is 179 Å². The minimum atomic E-state index is -0.332. The van der Waals surface area contributed by atoms with E-state index >= 15 is 0 Å². The van der Waals surface area contributed by atoms with E-state index in [9.17, 15) is 9.59 Å².